The molecule has 1 saturated carbocycles. The van der Waals surface area contributed by atoms with Gasteiger partial charge in [-0.25, -0.2) is 4.98 Å². The second kappa shape index (κ2) is 5.15. The summed E-state index contributed by atoms with van der Waals surface area (Å²) in [5, 5.41) is 20.4. The Labute approximate surface area is 126 Å². The van der Waals surface area contributed by atoms with Crippen LogP contribution in [0.25, 0.3) is 10.2 Å². The molecule has 4 nitrogen and oxygen atoms in total. The number of benzene rings is 1. The van der Waals surface area contributed by atoms with Crippen LogP contribution in [0, 0.1) is 5.41 Å². The molecule has 1 heterocycles. The number of aliphatic hydroxyl groups excluding tert-OH is 2. The normalized spacial score (nSPS) is 18.8. The Hall–Kier alpha value is -0.880. The number of thiazole rings is 1. The third kappa shape index (κ3) is 2.09. The average Bonchev–Trinajstić information content (AvgIpc) is 2.76. The molecule has 1 aliphatic rings. The van der Waals surface area contributed by atoms with Gasteiger partial charge in [0.05, 0.1) is 30.0 Å². The number of hydrogen-bond donors (Lipinski definition) is 2. The van der Waals surface area contributed by atoms with Crippen LogP contribution < -0.4 is 4.74 Å². The largest absolute Gasteiger partial charge is 0.497 e. The summed E-state index contributed by atoms with van der Waals surface area (Å²) >= 11 is 7.34. The van der Waals surface area contributed by atoms with Crippen molar-refractivity contribution >= 4 is 33.2 Å². The van der Waals surface area contributed by atoms with Crippen molar-refractivity contribution in [2.45, 2.75) is 25.4 Å². The van der Waals surface area contributed by atoms with Gasteiger partial charge in [0, 0.05) is 11.0 Å². The zero-order valence-electron chi connectivity index (χ0n) is 11.1. The lowest BCUT2D eigenvalue weighted by atomic mass is 9.64. The Morgan fingerprint density at radius 1 is 1.50 bits per heavy atom. The number of fused-ring (bicyclic) bond motifs is 1. The Balaban J connectivity index is 2.13. The van der Waals surface area contributed by atoms with E-state index in [0.29, 0.717) is 21.3 Å². The molecule has 6 heteroatoms. The summed E-state index contributed by atoms with van der Waals surface area (Å²) in [5.41, 5.74) is 0.944. The predicted octanol–water partition coefficient (Wildman–Crippen LogP) is 3.15. The number of aromatic nitrogens is 1. The minimum Gasteiger partial charge on any atom is -0.497 e. The number of nitrogens with zero attached hydrogens (tertiary/aromatic N) is 1. The summed E-state index contributed by atoms with van der Waals surface area (Å²) < 4.78 is 6.61. The van der Waals surface area contributed by atoms with Crippen molar-refractivity contribution < 1.29 is 14.9 Å². The number of aliphatic hydroxyl groups is 2. The van der Waals surface area contributed by atoms with Gasteiger partial charge in [0.2, 0.25) is 0 Å². The van der Waals surface area contributed by atoms with Crippen molar-refractivity contribution in [2.75, 3.05) is 13.7 Å². The molecule has 0 saturated heterocycles. The van der Waals surface area contributed by atoms with E-state index in [-0.39, 0.29) is 6.61 Å². The number of ether oxygens (including phenoxy) is 1. The molecule has 2 aromatic rings. The van der Waals surface area contributed by atoms with Crippen molar-refractivity contribution in [1.82, 2.24) is 4.98 Å². The molecule has 0 aliphatic heterocycles. The molecule has 0 bridgehead atoms. The van der Waals surface area contributed by atoms with Crippen LogP contribution in [0.1, 0.15) is 30.9 Å². The molecular formula is C14H16ClNO3S. The van der Waals surface area contributed by atoms with Gasteiger partial charge in [0.25, 0.3) is 0 Å². The van der Waals surface area contributed by atoms with E-state index in [9.17, 15) is 10.2 Å². The van der Waals surface area contributed by atoms with E-state index in [1.165, 1.54) is 11.3 Å². The van der Waals surface area contributed by atoms with Crippen LogP contribution >= 0.6 is 22.9 Å². The fourth-order valence-corrected chi connectivity index (χ4v) is 3.89. The van der Waals surface area contributed by atoms with Gasteiger partial charge >= 0.3 is 0 Å². The Morgan fingerprint density at radius 3 is 2.80 bits per heavy atom. The molecular weight excluding hydrogens is 298 g/mol. The molecule has 0 spiro atoms. The van der Waals surface area contributed by atoms with Crippen LogP contribution in [0.5, 0.6) is 5.75 Å². The maximum Gasteiger partial charge on any atom is 0.184 e. The molecule has 1 atom stereocenters. The average molecular weight is 314 g/mol. The second-order valence-corrected chi connectivity index (χ2v) is 6.92. The molecule has 1 aromatic carbocycles. The number of hydrogen-bond acceptors (Lipinski definition) is 5. The lowest BCUT2D eigenvalue weighted by Gasteiger charge is -2.44. The molecule has 1 aliphatic carbocycles. The summed E-state index contributed by atoms with van der Waals surface area (Å²) in [4.78, 5) is 4.30. The van der Waals surface area contributed by atoms with E-state index in [1.807, 2.05) is 6.07 Å². The first-order valence-corrected chi connectivity index (χ1v) is 7.72. The highest BCUT2D eigenvalue weighted by atomic mass is 35.5. The predicted molar refractivity (Wildman–Crippen MR) is 79.5 cm³/mol. The Bertz CT molecular complexity index is 633. The maximum absolute atomic E-state index is 10.7. The van der Waals surface area contributed by atoms with Gasteiger partial charge in [0.1, 0.15) is 5.75 Å². The van der Waals surface area contributed by atoms with Crippen LogP contribution in [0.15, 0.2) is 12.1 Å². The first-order valence-electron chi connectivity index (χ1n) is 6.52. The highest BCUT2D eigenvalue weighted by Gasteiger charge is 2.44. The molecule has 20 heavy (non-hydrogen) atoms. The molecule has 3 rings (SSSR count). The van der Waals surface area contributed by atoms with Gasteiger partial charge in [-0.2, -0.15) is 0 Å². The fraction of sp³-hybridized carbons (Fsp3) is 0.500. The number of rotatable bonds is 4. The van der Waals surface area contributed by atoms with Crippen molar-refractivity contribution in [3.63, 3.8) is 0 Å². The van der Waals surface area contributed by atoms with Gasteiger partial charge < -0.3 is 14.9 Å². The summed E-state index contributed by atoms with van der Waals surface area (Å²) in [6.45, 7) is -0.0231. The van der Waals surface area contributed by atoms with E-state index >= 15 is 0 Å². The van der Waals surface area contributed by atoms with Crippen molar-refractivity contribution in [3.8, 4) is 5.75 Å². The molecule has 1 fully saturated rings. The summed E-state index contributed by atoms with van der Waals surface area (Å²) in [5.74, 6) is 0.666. The monoisotopic (exact) mass is 313 g/mol. The van der Waals surface area contributed by atoms with Crippen molar-refractivity contribution in [2.24, 2.45) is 5.41 Å². The molecule has 1 unspecified atom stereocenters. The minimum absolute atomic E-state index is 0.0231. The maximum atomic E-state index is 10.7. The van der Waals surface area contributed by atoms with Crippen LogP contribution in [0.2, 0.25) is 4.47 Å². The van der Waals surface area contributed by atoms with Crippen LogP contribution in [0.4, 0.5) is 0 Å². The SMILES string of the molecule is COc1cc(C(O)C2(CO)CCC2)c2nc(Cl)sc2c1. The lowest BCUT2D eigenvalue weighted by molar-refractivity contribution is -0.0729. The van der Waals surface area contributed by atoms with Crippen LogP contribution in [-0.4, -0.2) is 28.9 Å². The van der Waals surface area contributed by atoms with Crippen molar-refractivity contribution in [3.05, 3.63) is 22.2 Å². The van der Waals surface area contributed by atoms with Gasteiger partial charge in [-0.3, -0.25) is 0 Å². The van der Waals surface area contributed by atoms with Crippen molar-refractivity contribution in [1.29, 1.82) is 0 Å². The summed E-state index contributed by atoms with van der Waals surface area (Å²) in [6, 6.07) is 3.65. The zero-order valence-corrected chi connectivity index (χ0v) is 12.7. The van der Waals surface area contributed by atoms with Crippen LogP contribution in [0.3, 0.4) is 0 Å². The van der Waals surface area contributed by atoms with E-state index < -0.39 is 11.5 Å². The molecule has 0 radical (unpaired) electrons. The van der Waals surface area contributed by atoms with E-state index in [2.05, 4.69) is 4.98 Å². The van der Waals surface area contributed by atoms with Gasteiger partial charge in [0.15, 0.2) is 4.47 Å². The van der Waals surface area contributed by atoms with Gasteiger partial charge in [-0.05, 0) is 25.0 Å². The number of methoxy groups -OCH3 is 1. The molecule has 2 N–H and O–H groups in total. The summed E-state index contributed by atoms with van der Waals surface area (Å²) in [7, 11) is 1.59. The van der Waals surface area contributed by atoms with Gasteiger partial charge in [-0.1, -0.05) is 18.0 Å². The van der Waals surface area contributed by atoms with Gasteiger partial charge in [-0.15, -0.1) is 11.3 Å². The summed E-state index contributed by atoms with van der Waals surface area (Å²) in [6.07, 6.45) is 1.92. The minimum atomic E-state index is -0.753. The van der Waals surface area contributed by atoms with E-state index in [0.717, 1.165) is 24.0 Å². The standard InChI is InChI=1S/C14H16ClNO3S/c1-19-8-5-9(11-10(6-8)20-13(15)16-11)12(18)14(7-17)3-2-4-14/h5-6,12,17-18H,2-4,7H2,1H3. The van der Waals surface area contributed by atoms with E-state index in [1.54, 1.807) is 13.2 Å². The first-order chi connectivity index (χ1) is 9.59. The topological polar surface area (TPSA) is 62.6 Å². The smallest absolute Gasteiger partial charge is 0.184 e. The highest BCUT2D eigenvalue weighted by molar-refractivity contribution is 7.22. The highest BCUT2D eigenvalue weighted by Crippen LogP contribution is 2.51. The molecule has 0 amide bonds. The molecule has 108 valence electrons. The third-order valence-corrected chi connectivity index (χ3v) is 5.35. The Morgan fingerprint density at radius 2 is 2.25 bits per heavy atom. The lowest BCUT2D eigenvalue weighted by Crippen LogP contribution is -2.39. The zero-order chi connectivity index (χ0) is 14.3. The Kier molecular flexibility index (Phi) is 3.62. The number of halogens is 1. The quantitative estimate of drug-likeness (QED) is 0.910. The first kappa shape index (κ1) is 14.1. The third-order valence-electron chi connectivity index (χ3n) is 4.25. The second-order valence-electron chi connectivity index (χ2n) is 5.31. The fourth-order valence-electron chi connectivity index (χ4n) is 2.81. The van der Waals surface area contributed by atoms with Crippen LogP contribution in [-0.2, 0) is 0 Å². The molecule has 1 aromatic heterocycles. The van der Waals surface area contributed by atoms with E-state index in [4.69, 9.17) is 16.3 Å².